The van der Waals surface area contributed by atoms with Crippen molar-refractivity contribution in [3.05, 3.63) is 30.3 Å². The van der Waals surface area contributed by atoms with Crippen LogP contribution in [0, 0.1) is 0 Å². The highest BCUT2D eigenvalue weighted by Crippen LogP contribution is 2.28. The number of nitrogens with two attached hydrogens (primary N) is 1. The van der Waals surface area contributed by atoms with Gasteiger partial charge < -0.3 is 10.6 Å². The highest BCUT2D eigenvalue weighted by Gasteiger charge is 2.15. The van der Waals surface area contributed by atoms with Crippen LogP contribution < -0.4 is 10.6 Å². The molecule has 2 N–H and O–H groups in total. The molecule has 3 rings (SSSR count). The maximum absolute atomic E-state index is 5.89. The molecule has 1 aliphatic rings. The van der Waals surface area contributed by atoms with Gasteiger partial charge in [-0.15, -0.1) is 0 Å². The molecule has 0 bridgehead atoms. The van der Waals surface area contributed by atoms with E-state index in [0.29, 0.717) is 5.82 Å². The van der Waals surface area contributed by atoms with Gasteiger partial charge in [0.25, 0.3) is 0 Å². The van der Waals surface area contributed by atoms with Crippen LogP contribution >= 0.6 is 0 Å². The Kier molecular flexibility index (Phi) is 2.59. The zero-order valence-electron chi connectivity index (χ0n) is 9.89. The number of aromatic nitrogens is 1. The van der Waals surface area contributed by atoms with Gasteiger partial charge in [0.15, 0.2) is 0 Å². The molecule has 88 valence electrons. The molecular weight excluding hydrogens is 210 g/mol. The molecule has 3 nitrogen and oxygen atoms in total. The summed E-state index contributed by atoms with van der Waals surface area (Å²) in [5.41, 5.74) is 5.89. The Labute approximate surface area is 101 Å². The quantitative estimate of drug-likeness (QED) is 0.814. The average Bonchev–Trinajstić information content (AvgIpc) is 2.39. The van der Waals surface area contributed by atoms with Gasteiger partial charge >= 0.3 is 0 Å². The van der Waals surface area contributed by atoms with Gasteiger partial charge in [-0.1, -0.05) is 24.3 Å². The monoisotopic (exact) mass is 227 g/mol. The first-order chi connectivity index (χ1) is 8.34. The van der Waals surface area contributed by atoms with Crippen LogP contribution in [0.2, 0.25) is 0 Å². The first-order valence-corrected chi connectivity index (χ1v) is 6.25. The summed E-state index contributed by atoms with van der Waals surface area (Å²) in [7, 11) is 0. The van der Waals surface area contributed by atoms with Gasteiger partial charge in [0.2, 0.25) is 0 Å². The van der Waals surface area contributed by atoms with Crippen molar-refractivity contribution in [1.82, 2.24) is 4.98 Å². The minimum Gasteiger partial charge on any atom is -0.384 e. The van der Waals surface area contributed by atoms with Crippen LogP contribution in [-0.4, -0.2) is 18.1 Å². The molecule has 1 aliphatic heterocycles. The van der Waals surface area contributed by atoms with Crippen molar-refractivity contribution in [1.29, 1.82) is 0 Å². The van der Waals surface area contributed by atoms with Crippen molar-refractivity contribution in [3.63, 3.8) is 0 Å². The zero-order chi connectivity index (χ0) is 11.7. The van der Waals surface area contributed by atoms with Gasteiger partial charge in [0.1, 0.15) is 11.6 Å². The lowest BCUT2D eigenvalue weighted by Gasteiger charge is -2.28. The van der Waals surface area contributed by atoms with E-state index in [4.69, 9.17) is 5.73 Å². The number of nitrogens with zero attached hydrogens (tertiary/aromatic N) is 2. The van der Waals surface area contributed by atoms with Crippen molar-refractivity contribution in [2.75, 3.05) is 23.7 Å². The normalized spacial score (nSPS) is 16.4. The van der Waals surface area contributed by atoms with E-state index in [2.05, 4.69) is 28.1 Å². The van der Waals surface area contributed by atoms with E-state index in [0.717, 1.165) is 18.9 Å². The van der Waals surface area contributed by atoms with Crippen LogP contribution in [0.4, 0.5) is 11.6 Å². The second-order valence-corrected chi connectivity index (χ2v) is 4.64. The molecule has 2 aromatic rings. The third-order valence-corrected chi connectivity index (χ3v) is 3.40. The molecule has 1 fully saturated rings. The molecule has 0 amide bonds. The lowest BCUT2D eigenvalue weighted by atomic mass is 10.1. The minimum absolute atomic E-state index is 0.615. The lowest BCUT2D eigenvalue weighted by molar-refractivity contribution is 0.575. The third-order valence-electron chi connectivity index (χ3n) is 3.40. The summed E-state index contributed by atoms with van der Waals surface area (Å²) in [4.78, 5) is 6.89. The van der Waals surface area contributed by atoms with Crippen molar-refractivity contribution in [3.8, 4) is 0 Å². The zero-order valence-corrected chi connectivity index (χ0v) is 9.89. The van der Waals surface area contributed by atoms with E-state index in [1.165, 1.54) is 30.0 Å². The smallest absolute Gasteiger partial charge is 0.138 e. The van der Waals surface area contributed by atoms with Gasteiger partial charge in [0, 0.05) is 18.5 Å². The lowest BCUT2D eigenvalue weighted by Crippen LogP contribution is -2.30. The topological polar surface area (TPSA) is 42.1 Å². The van der Waals surface area contributed by atoms with Crippen LogP contribution in [0.1, 0.15) is 19.3 Å². The highest BCUT2D eigenvalue weighted by molar-refractivity contribution is 5.94. The molecule has 0 saturated carbocycles. The predicted octanol–water partition coefficient (Wildman–Crippen LogP) is 2.81. The number of hydrogen-bond acceptors (Lipinski definition) is 3. The number of pyridine rings is 1. The fourth-order valence-electron chi connectivity index (χ4n) is 2.55. The first-order valence-electron chi connectivity index (χ1n) is 6.25. The molecular formula is C14H17N3. The van der Waals surface area contributed by atoms with Gasteiger partial charge in [-0.25, -0.2) is 4.98 Å². The summed E-state index contributed by atoms with van der Waals surface area (Å²) in [6, 6.07) is 10.3. The maximum Gasteiger partial charge on any atom is 0.138 e. The fourth-order valence-corrected chi connectivity index (χ4v) is 2.55. The Morgan fingerprint density at radius 3 is 2.65 bits per heavy atom. The van der Waals surface area contributed by atoms with Crippen LogP contribution in [-0.2, 0) is 0 Å². The van der Waals surface area contributed by atoms with E-state index >= 15 is 0 Å². The SMILES string of the molecule is Nc1cc2ccccc2c(N2CCCCC2)n1. The van der Waals surface area contributed by atoms with Gasteiger partial charge in [-0.3, -0.25) is 0 Å². The molecule has 0 atom stereocenters. The van der Waals surface area contributed by atoms with Crippen LogP contribution in [0.3, 0.4) is 0 Å². The minimum atomic E-state index is 0.615. The largest absolute Gasteiger partial charge is 0.384 e. The Hall–Kier alpha value is -1.77. The number of benzene rings is 1. The first kappa shape index (κ1) is 10.4. The summed E-state index contributed by atoms with van der Waals surface area (Å²) in [5.74, 6) is 1.67. The summed E-state index contributed by atoms with van der Waals surface area (Å²) in [5, 5.41) is 2.39. The van der Waals surface area contributed by atoms with Crippen molar-refractivity contribution in [2.45, 2.75) is 19.3 Å². The van der Waals surface area contributed by atoms with Crippen molar-refractivity contribution in [2.24, 2.45) is 0 Å². The number of rotatable bonds is 1. The van der Waals surface area contributed by atoms with Crippen molar-refractivity contribution < 1.29 is 0 Å². The number of hydrogen-bond donors (Lipinski definition) is 1. The summed E-state index contributed by atoms with van der Waals surface area (Å²) in [6.45, 7) is 2.20. The third kappa shape index (κ3) is 1.93. The maximum atomic E-state index is 5.89. The Balaban J connectivity index is 2.13. The highest BCUT2D eigenvalue weighted by atomic mass is 15.2. The number of piperidine rings is 1. The molecule has 1 aromatic carbocycles. The average molecular weight is 227 g/mol. The predicted molar refractivity (Wildman–Crippen MR) is 72.2 cm³/mol. The Morgan fingerprint density at radius 2 is 1.82 bits per heavy atom. The molecule has 17 heavy (non-hydrogen) atoms. The van der Waals surface area contributed by atoms with Gasteiger partial charge in [-0.2, -0.15) is 0 Å². The summed E-state index contributed by atoms with van der Waals surface area (Å²) < 4.78 is 0. The fraction of sp³-hybridized carbons (Fsp3) is 0.357. The molecule has 0 aliphatic carbocycles. The van der Waals surface area contributed by atoms with Crippen LogP contribution in [0.5, 0.6) is 0 Å². The molecule has 0 radical (unpaired) electrons. The van der Waals surface area contributed by atoms with Crippen LogP contribution in [0.25, 0.3) is 10.8 Å². The number of anilines is 2. The Morgan fingerprint density at radius 1 is 1.06 bits per heavy atom. The van der Waals surface area contributed by atoms with E-state index < -0.39 is 0 Å². The van der Waals surface area contributed by atoms with Crippen LogP contribution in [0.15, 0.2) is 30.3 Å². The second-order valence-electron chi connectivity index (χ2n) is 4.64. The molecule has 1 saturated heterocycles. The molecule has 0 spiro atoms. The van der Waals surface area contributed by atoms with E-state index in [1.807, 2.05) is 12.1 Å². The number of nitrogen functional groups attached to an aromatic ring is 1. The van der Waals surface area contributed by atoms with Gasteiger partial charge in [-0.05, 0) is 30.7 Å². The summed E-state index contributed by atoms with van der Waals surface area (Å²) in [6.07, 6.45) is 3.84. The van der Waals surface area contributed by atoms with E-state index in [9.17, 15) is 0 Å². The molecule has 1 aromatic heterocycles. The van der Waals surface area contributed by atoms with E-state index in [-0.39, 0.29) is 0 Å². The van der Waals surface area contributed by atoms with Gasteiger partial charge in [0.05, 0.1) is 0 Å². The standard InChI is InChI=1S/C14H17N3/c15-13-10-11-6-2-3-7-12(11)14(16-13)17-8-4-1-5-9-17/h2-3,6-7,10H,1,4-5,8-9H2,(H2,15,16). The van der Waals surface area contributed by atoms with Crippen molar-refractivity contribution >= 4 is 22.4 Å². The van der Waals surface area contributed by atoms with E-state index in [1.54, 1.807) is 0 Å². The molecule has 0 unspecified atom stereocenters. The summed E-state index contributed by atoms with van der Waals surface area (Å²) >= 11 is 0. The number of fused-ring (bicyclic) bond motifs is 1. The second kappa shape index (κ2) is 4.24. The molecule has 3 heteroatoms. The molecule has 2 heterocycles. The Bertz CT molecular complexity index is 530.